The lowest BCUT2D eigenvalue weighted by atomic mass is 9.99. The molecule has 5 heteroatoms. The van der Waals surface area contributed by atoms with Gasteiger partial charge in [0.2, 0.25) is 11.7 Å². The molecular formula is C22H17NO4. The molecule has 0 aromatic heterocycles. The number of benzene rings is 3. The summed E-state index contributed by atoms with van der Waals surface area (Å²) in [5.74, 6) is -1.57. The molecule has 3 rings (SSSR count). The van der Waals surface area contributed by atoms with Crippen LogP contribution >= 0.6 is 0 Å². The van der Waals surface area contributed by atoms with Crippen LogP contribution in [0.2, 0.25) is 0 Å². The molecule has 0 saturated carbocycles. The van der Waals surface area contributed by atoms with E-state index in [9.17, 15) is 14.4 Å². The molecule has 0 spiro atoms. The van der Waals surface area contributed by atoms with Gasteiger partial charge in [0.05, 0.1) is 5.56 Å². The second-order valence-corrected chi connectivity index (χ2v) is 5.87. The lowest BCUT2D eigenvalue weighted by molar-refractivity contribution is 0.0280. The zero-order valence-electron chi connectivity index (χ0n) is 14.4. The minimum absolute atomic E-state index is 0.224. The molecule has 0 unspecified atom stereocenters. The van der Waals surface area contributed by atoms with E-state index in [1.54, 1.807) is 54.6 Å². The van der Waals surface area contributed by atoms with E-state index in [4.69, 9.17) is 10.5 Å². The van der Waals surface area contributed by atoms with Crippen molar-refractivity contribution < 1.29 is 19.1 Å². The number of Topliss-reactive ketones (excluding diaryl/α,β-unsaturated/α-hetero) is 1. The fraction of sp³-hybridized carbons (Fsp3) is 0.0455. The molecule has 0 aliphatic heterocycles. The van der Waals surface area contributed by atoms with Crippen LogP contribution in [0, 0.1) is 0 Å². The van der Waals surface area contributed by atoms with Crippen molar-refractivity contribution in [2.75, 3.05) is 0 Å². The van der Waals surface area contributed by atoms with Crippen molar-refractivity contribution >= 4 is 17.7 Å². The summed E-state index contributed by atoms with van der Waals surface area (Å²) < 4.78 is 5.53. The zero-order chi connectivity index (χ0) is 19.2. The third-order valence-corrected chi connectivity index (χ3v) is 4.03. The fourth-order valence-electron chi connectivity index (χ4n) is 2.60. The predicted molar refractivity (Wildman–Crippen MR) is 100 cm³/mol. The van der Waals surface area contributed by atoms with Crippen molar-refractivity contribution in [1.29, 1.82) is 0 Å². The summed E-state index contributed by atoms with van der Waals surface area (Å²) in [6.45, 7) is 0. The summed E-state index contributed by atoms with van der Waals surface area (Å²) in [4.78, 5) is 36.6. The van der Waals surface area contributed by atoms with Crippen LogP contribution in [-0.2, 0) is 4.74 Å². The van der Waals surface area contributed by atoms with Crippen LogP contribution in [0.1, 0.15) is 42.7 Å². The molecule has 0 fully saturated rings. The van der Waals surface area contributed by atoms with Crippen molar-refractivity contribution in [3.05, 3.63) is 107 Å². The molecule has 0 heterocycles. The highest BCUT2D eigenvalue weighted by molar-refractivity contribution is 6.02. The number of amides is 1. The normalized spacial score (nSPS) is 11.4. The molecule has 3 aromatic rings. The Bertz CT molecular complexity index is 951. The maximum absolute atomic E-state index is 12.9. The standard InChI is InChI=1S/C22H17NO4/c23-21(25)17-11-13-18(14-12-17)22(26)27-20(16-9-5-2-6-10-16)19(24)15-7-3-1-4-8-15/h1-14,20H,(H2,23,25)/t20-/m0/s1. The predicted octanol–water partition coefficient (Wildman–Crippen LogP) is 3.57. The number of carbonyl (C=O) groups excluding carboxylic acids is 3. The molecule has 1 amide bonds. The van der Waals surface area contributed by atoms with Crippen molar-refractivity contribution in [3.8, 4) is 0 Å². The van der Waals surface area contributed by atoms with Gasteiger partial charge in [0, 0.05) is 16.7 Å². The Kier molecular flexibility index (Phi) is 5.42. The Morgan fingerprint density at radius 3 is 1.74 bits per heavy atom. The summed E-state index contributed by atoms with van der Waals surface area (Å²) in [5.41, 5.74) is 6.73. The van der Waals surface area contributed by atoms with Crippen molar-refractivity contribution in [2.45, 2.75) is 6.10 Å². The number of ketones is 1. The first kappa shape index (κ1) is 18.1. The summed E-state index contributed by atoms with van der Waals surface area (Å²) in [5, 5.41) is 0. The fourth-order valence-corrected chi connectivity index (χ4v) is 2.60. The van der Waals surface area contributed by atoms with Gasteiger partial charge in [-0.05, 0) is 24.3 Å². The molecular weight excluding hydrogens is 342 g/mol. The maximum Gasteiger partial charge on any atom is 0.339 e. The van der Waals surface area contributed by atoms with Gasteiger partial charge in [-0.15, -0.1) is 0 Å². The van der Waals surface area contributed by atoms with Crippen LogP contribution in [-0.4, -0.2) is 17.7 Å². The first-order valence-corrected chi connectivity index (χ1v) is 8.31. The third kappa shape index (κ3) is 4.27. The average Bonchev–Trinajstić information content (AvgIpc) is 2.72. The molecule has 27 heavy (non-hydrogen) atoms. The van der Waals surface area contributed by atoms with Gasteiger partial charge in [0.25, 0.3) is 0 Å². The van der Waals surface area contributed by atoms with Gasteiger partial charge in [-0.3, -0.25) is 9.59 Å². The van der Waals surface area contributed by atoms with E-state index >= 15 is 0 Å². The number of esters is 1. The maximum atomic E-state index is 12.9. The average molecular weight is 359 g/mol. The van der Waals surface area contributed by atoms with E-state index in [1.165, 1.54) is 24.3 Å². The molecule has 0 aliphatic carbocycles. The largest absolute Gasteiger partial charge is 0.445 e. The smallest absolute Gasteiger partial charge is 0.339 e. The number of hydrogen-bond acceptors (Lipinski definition) is 4. The molecule has 0 bridgehead atoms. The van der Waals surface area contributed by atoms with Gasteiger partial charge in [0.1, 0.15) is 0 Å². The highest BCUT2D eigenvalue weighted by Gasteiger charge is 2.26. The van der Waals surface area contributed by atoms with E-state index < -0.39 is 18.0 Å². The van der Waals surface area contributed by atoms with Gasteiger partial charge in [0.15, 0.2) is 6.10 Å². The second kappa shape index (κ2) is 8.10. The van der Waals surface area contributed by atoms with Crippen LogP contribution in [0.15, 0.2) is 84.9 Å². The monoisotopic (exact) mass is 359 g/mol. The number of primary amides is 1. The summed E-state index contributed by atoms with van der Waals surface area (Å²) >= 11 is 0. The van der Waals surface area contributed by atoms with Crippen molar-refractivity contribution in [3.63, 3.8) is 0 Å². The van der Waals surface area contributed by atoms with E-state index in [1.807, 2.05) is 6.07 Å². The molecule has 3 aromatic carbocycles. The van der Waals surface area contributed by atoms with Crippen LogP contribution in [0.3, 0.4) is 0 Å². The van der Waals surface area contributed by atoms with Crippen LogP contribution in [0.4, 0.5) is 0 Å². The molecule has 2 N–H and O–H groups in total. The number of rotatable bonds is 6. The third-order valence-electron chi connectivity index (χ3n) is 4.03. The number of carbonyl (C=O) groups is 3. The lowest BCUT2D eigenvalue weighted by Crippen LogP contribution is -2.20. The van der Waals surface area contributed by atoms with Crippen LogP contribution in [0.25, 0.3) is 0 Å². The van der Waals surface area contributed by atoms with E-state index in [2.05, 4.69) is 0 Å². The topological polar surface area (TPSA) is 86.5 Å². The number of hydrogen-bond donors (Lipinski definition) is 1. The van der Waals surface area contributed by atoms with Gasteiger partial charge >= 0.3 is 5.97 Å². The van der Waals surface area contributed by atoms with E-state index in [-0.39, 0.29) is 16.9 Å². The van der Waals surface area contributed by atoms with Gasteiger partial charge in [-0.1, -0.05) is 60.7 Å². The Morgan fingerprint density at radius 2 is 1.19 bits per heavy atom. The first-order chi connectivity index (χ1) is 13.1. The lowest BCUT2D eigenvalue weighted by Gasteiger charge is -2.17. The number of nitrogens with two attached hydrogens (primary N) is 1. The summed E-state index contributed by atoms with van der Waals surface area (Å²) in [6, 6.07) is 23.2. The molecule has 0 aliphatic rings. The Hall–Kier alpha value is -3.73. The summed E-state index contributed by atoms with van der Waals surface area (Å²) in [7, 11) is 0. The first-order valence-electron chi connectivity index (χ1n) is 8.31. The molecule has 5 nitrogen and oxygen atoms in total. The second-order valence-electron chi connectivity index (χ2n) is 5.87. The highest BCUT2D eigenvalue weighted by Crippen LogP contribution is 2.24. The van der Waals surface area contributed by atoms with Crippen LogP contribution < -0.4 is 5.73 Å². The molecule has 0 radical (unpaired) electrons. The highest BCUT2D eigenvalue weighted by atomic mass is 16.5. The minimum atomic E-state index is -1.07. The Morgan fingerprint density at radius 1 is 0.667 bits per heavy atom. The summed E-state index contributed by atoms with van der Waals surface area (Å²) in [6.07, 6.45) is -1.07. The van der Waals surface area contributed by atoms with Gasteiger partial charge in [-0.25, -0.2) is 4.79 Å². The SMILES string of the molecule is NC(=O)c1ccc(C(=O)O[C@H](C(=O)c2ccccc2)c2ccccc2)cc1. The van der Waals surface area contributed by atoms with E-state index in [0.717, 1.165) is 0 Å². The minimum Gasteiger partial charge on any atom is -0.445 e. The van der Waals surface area contributed by atoms with Crippen molar-refractivity contribution in [1.82, 2.24) is 0 Å². The van der Waals surface area contributed by atoms with Gasteiger partial charge in [-0.2, -0.15) is 0 Å². The Labute approximate surface area is 156 Å². The van der Waals surface area contributed by atoms with Crippen molar-refractivity contribution in [2.24, 2.45) is 5.73 Å². The number of ether oxygens (including phenoxy) is 1. The Balaban J connectivity index is 1.88. The quantitative estimate of drug-likeness (QED) is 0.538. The molecule has 1 atom stereocenters. The molecule has 0 saturated heterocycles. The van der Waals surface area contributed by atoms with E-state index in [0.29, 0.717) is 11.1 Å². The van der Waals surface area contributed by atoms with Crippen LogP contribution in [0.5, 0.6) is 0 Å². The zero-order valence-corrected chi connectivity index (χ0v) is 14.4. The van der Waals surface area contributed by atoms with Gasteiger partial charge < -0.3 is 10.5 Å². The molecule has 134 valence electrons.